The summed E-state index contributed by atoms with van der Waals surface area (Å²) in [5, 5.41) is 0.974. The number of para-hydroxylation sites is 1. The lowest BCUT2D eigenvalue weighted by molar-refractivity contribution is 0.405. The Labute approximate surface area is 127 Å². The molecule has 3 N–H and O–H groups in total. The number of aromatic nitrogens is 1. The van der Waals surface area contributed by atoms with Crippen molar-refractivity contribution in [1.29, 1.82) is 0 Å². The molecule has 0 aliphatic heterocycles. The number of hydrogen-bond acceptors (Lipinski definition) is 4. The zero-order valence-corrected chi connectivity index (χ0v) is 12.4. The number of benzene rings is 1. The van der Waals surface area contributed by atoms with Crippen LogP contribution >= 0.6 is 23.2 Å². The van der Waals surface area contributed by atoms with Crippen LogP contribution in [0.3, 0.4) is 0 Å². The molecule has 1 unspecified atom stereocenters. The molecule has 0 saturated heterocycles. The molecule has 1 heterocycles. The number of methoxy groups -OCH3 is 1. The Hall–Kier alpha value is -1.33. The van der Waals surface area contributed by atoms with Gasteiger partial charge in [0, 0.05) is 6.20 Å². The SMILES string of the molecule is COc1ccccc1CC(NN)c1ncc(Cl)cc1Cl. The van der Waals surface area contributed by atoms with Crippen LogP contribution in [-0.2, 0) is 6.42 Å². The van der Waals surface area contributed by atoms with E-state index in [0.29, 0.717) is 22.2 Å². The molecule has 0 radical (unpaired) electrons. The summed E-state index contributed by atoms with van der Waals surface area (Å²) in [4.78, 5) is 4.25. The number of pyridine rings is 1. The average molecular weight is 312 g/mol. The number of nitrogens with two attached hydrogens (primary N) is 1. The van der Waals surface area contributed by atoms with Gasteiger partial charge in [-0.25, -0.2) is 0 Å². The molecule has 0 aliphatic carbocycles. The summed E-state index contributed by atoms with van der Waals surface area (Å²) in [6, 6.07) is 9.17. The fourth-order valence-electron chi connectivity index (χ4n) is 2.01. The lowest BCUT2D eigenvalue weighted by Gasteiger charge is -2.18. The van der Waals surface area contributed by atoms with Gasteiger partial charge in [-0.05, 0) is 24.1 Å². The maximum absolute atomic E-state index is 6.17. The number of rotatable bonds is 5. The summed E-state index contributed by atoms with van der Waals surface area (Å²) < 4.78 is 5.33. The van der Waals surface area contributed by atoms with Crippen LogP contribution in [0.2, 0.25) is 10.0 Å². The van der Waals surface area contributed by atoms with Gasteiger partial charge in [0.15, 0.2) is 0 Å². The summed E-state index contributed by atoms with van der Waals surface area (Å²) in [6.07, 6.45) is 2.16. The topological polar surface area (TPSA) is 60.2 Å². The van der Waals surface area contributed by atoms with Crippen LogP contribution in [0, 0.1) is 0 Å². The van der Waals surface area contributed by atoms with E-state index in [0.717, 1.165) is 11.3 Å². The fraction of sp³-hybridized carbons (Fsp3) is 0.214. The molecular weight excluding hydrogens is 297 g/mol. The molecule has 6 heteroatoms. The first kappa shape index (κ1) is 15.1. The van der Waals surface area contributed by atoms with Crippen LogP contribution in [-0.4, -0.2) is 12.1 Å². The molecule has 2 aromatic rings. The molecule has 20 heavy (non-hydrogen) atoms. The molecule has 2 rings (SSSR count). The van der Waals surface area contributed by atoms with Crippen LogP contribution in [0.4, 0.5) is 0 Å². The molecule has 4 nitrogen and oxygen atoms in total. The standard InChI is InChI=1S/C14H15Cl2N3O/c1-20-13-5-3-2-4-9(13)6-12(19-17)14-11(16)7-10(15)8-18-14/h2-5,7-8,12,19H,6,17H2,1H3. The van der Waals surface area contributed by atoms with Gasteiger partial charge in [-0.1, -0.05) is 41.4 Å². The van der Waals surface area contributed by atoms with Crippen LogP contribution in [0.25, 0.3) is 0 Å². The van der Waals surface area contributed by atoms with Gasteiger partial charge in [0.05, 0.1) is 28.9 Å². The molecule has 0 spiro atoms. The highest BCUT2D eigenvalue weighted by molar-refractivity contribution is 6.34. The minimum absolute atomic E-state index is 0.226. The lowest BCUT2D eigenvalue weighted by Crippen LogP contribution is -2.30. The Bertz CT molecular complexity index is 592. The van der Waals surface area contributed by atoms with E-state index in [1.165, 1.54) is 0 Å². The first-order valence-corrected chi connectivity index (χ1v) is 6.80. The molecule has 106 valence electrons. The molecule has 0 saturated carbocycles. The van der Waals surface area contributed by atoms with Crippen molar-refractivity contribution >= 4 is 23.2 Å². The molecular formula is C14H15Cl2N3O. The summed E-state index contributed by atoms with van der Waals surface area (Å²) in [5.74, 6) is 6.43. The molecule has 0 fully saturated rings. The van der Waals surface area contributed by atoms with Crippen molar-refractivity contribution in [2.45, 2.75) is 12.5 Å². The Morgan fingerprint density at radius 3 is 2.75 bits per heavy atom. The summed E-state index contributed by atoms with van der Waals surface area (Å²) in [5.41, 5.74) is 4.41. The predicted molar refractivity (Wildman–Crippen MR) is 81.0 cm³/mol. The van der Waals surface area contributed by atoms with Gasteiger partial charge in [0.1, 0.15) is 5.75 Å². The Morgan fingerprint density at radius 1 is 1.35 bits per heavy atom. The van der Waals surface area contributed by atoms with Gasteiger partial charge >= 0.3 is 0 Å². The van der Waals surface area contributed by atoms with E-state index in [9.17, 15) is 0 Å². The first-order chi connectivity index (χ1) is 9.65. The third-order valence-electron chi connectivity index (χ3n) is 2.98. The van der Waals surface area contributed by atoms with Gasteiger partial charge < -0.3 is 4.74 Å². The molecule has 0 amide bonds. The van der Waals surface area contributed by atoms with E-state index in [1.54, 1.807) is 19.4 Å². The van der Waals surface area contributed by atoms with Crippen molar-refractivity contribution < 1.29 is 4.74 Å². The van der Waals surface area contributed by atoms with E-state index >= 15 is 0 Å². The second-order valence-corrected chi connectivity index (χ2v) is 5.10. The number of hydrogen-bond donors (Lipinski definition) is 2. The van der Waals surface area contributed by atoms with Gasteiger partial charge in [0.2, 0.25) is 0 Å². The number of nitrogens with zero attached hydrogens (tertiary/aromatic N) is 1. The summed E-state index contributed by atoms with van der Waals surface area (Å²) in [6.45, 7) is 0. The highest BCUT2D eigenvalue weighted by Crippen LogP contribution is 2.28. The molecule has 0 aliphatic rings. The van der Waals surface area contributed by atoms with E-state index in [2.05, 4.69) is 10.4 Å². The van der Waals surface area contributed by atoms with Crippen molar-refractivity contribution in [3.05, 3.63) is 57.8 Å². The number of nitrogens with one attached hydrogen (secondary N) is 1. The normalized spacial score (nSPS) is 12.2. The Morgan fingerprint density at radius 2 is 2.10 bits per heavy atom. The number of halogens is 2. The maximum atomic E-state index is 6.17. The van der Waals surface area contributed by atoms with Gasteiger partial charge in [-0.3, -0.25) is 16.3 Å². The zero-order valence-electron chi connectivity index (χ0n) is 10.9. The van der Waals surface area contributed by atoms with Gasteiger partial charge in [-0.2, -0.15) is 0 Å². The van der Waals surface area contributed by atoms with E-state index in [1.807, 2.05) is 24.3 Å². The highest BCUT2D eigenvalue weighted by atomic mass is 35.5. The smallest absolute Gasteiger partial charge is 0.122 e. The first-order valence-electron chi connectivity index (χ1n) is 6.04. The lowest BCUT2D eigenvalue weighted by atomic mass is 10.0. The van der Waals surface area contributed by atoms with Gasteiger partial charge in [-0.15, -0.1) is 0 Å². The maximum Gasteiger partial charge on any atom is 0.122 e. The van der Waals surface area contributed by atoms with E-state index in [-0.39, 0.29) is 6.04 Å². The highest BCUT2D eigenvalue weighted by Gasteiger charge is 2.17. The predicted octanol–water partition coefficient (Wildman–Crippen LogP) is 3.14. The zero-order chi connectivity index (χ0) is 14.5. The summed E-state index contributed by atoms with van der Waals surface area (Å²) >= 11 is 12.0. The molecule has 1 aromatic carbocycles. The second-order valence-electron chi connectivity index (χ2n) is 4.26. The molecule has 0 bridgehead atoms. The molecule has 1 atom stereocenters. The van der Waals surface area contributed by atoms with Crippen molar-refractivity contribution in [3.8, 4) is 5.75 Å². The van der Waals surface area contributed by atoms with Crippen LogP contribution in [0.5, 0.6) is 5.75 Å². The van der Waals surface area contributed by atoms with Crippen molar-refractivity contribution in [3.63, 3.8) is 0 Å². The minimum Gasteiger partial charge on any atom is -0.496 e. The monoisotopic (exact) mass is 311 g/mol. The fourth-order valence-corrected chi connectivity index (χ4v) is 2.52. The number of hydrazine groups is 1. The van der Waals surface area contributed by atoms with E-state index in [4.69, 9.17) is 33.8 Å². The van der Waals surface area contributed by atoms with Crippen molar-refractivity contribution in [2.24, 2.45) is 5.84 Å². The third kappa shape index (κ3) is 3.41. The van der Waals surface area contributed by atoms with Gasteiger partial charge in [0.25, 0.3) is 0 Å². The van der Waals surface area contributed by atoms with E-state index < -0.39 is 0 Å². The van der Waals surface area contributed by atoms with Crippen LogP contribution in [0.1, 0.15) is 17.3 Å². The average Bonchev–Trinajstić information content (AvgIpc) is 2.46. The van der Waals surface area contributed by atoms with Crippen LogP contribution in [0.15, 0.2) is 36.5 Å². The van der Waals surface area contributed by atoms with Crippen molar-refractivity contribution in [2.75, 3.05) is 7.11 Å². The Kier molecular flexibility index (Phi) is 5.20. The third-order valence-corrected chi connectivity index (χ3v) is 3.49. The Balaban J connectivity index is 2.29. The second kappa shape index (κ2) is 6.90. The number of ether oxygens (including phenoxy) is 1. The summed E-state index contributed by atoms with van der Waals surface area (Å²) in [7, 11) is 1.64. The largest absolute Gasteiger partial charge is 0.496 e. The quantitative estimate of drug-likeness (QED) is 0.658. The van der Waals surface area contributed by atoms with Crippen LogP contribution < -0.4 is 16.0 Å². The van der Waals surface area contributed by atoms with Crippen molar-refractivity contribution in [1.82, 2.24) is 10.4 Å². The minimum atomic E-state index is -0.226. The molecule has 1 aromatic heterocycles.